The average Bonchev–Trinajstić information content (AvgIpc) is 2.33. The highest BCUT2D eigenvalue weighted by molar-refractivity contribution is 5.82. The minimum absolute atomic E-state index is 0.0255. The fraction of sp³-hybridized carbons (Fsp3) is 0.938. The molecule has 0 aromatic heterocycles. The van der Waals surface area contributed by atoms with Crippen LogP contribution in [-0.2, 0) is 9.53 Å². The van der Waals surface area contributed by atoms with Gasteiger partial charge >= 0.3 is 5.97 Å². The number of carbonyl (C=O) groups excluding carboxylic acids is 1. The molecule has 0 atom stereocenters. The molecule has 4 bridgehead atoms. The molecule has 0 radical (unpaired) electrons. The van der Waals surface area contributed by atoms with Crippen molar-refractivity contribution >= 4 is 5.97 Å². The third-order valence-corrected chi connectivity index (χ3v) is 5.57. The van der Waals surface area contributed by atoms with E-state index in [9.17, 15) is 4.79 Å². The van der Waals surface area contributed by atoms with Crippen LogP contribution in [0.2, 0.25) is 0 Å². The highest BCUT2D eigenvalue weighted by Crippen LogP contribution is 2.58. The predicted octanol–water partition coefficient (Wildman–Crippen LogP) is 2.74. The maximum atomic E-state index is 12.7. The summed E-state index contributed by atoms with van der Waals surface area (Å²) in [5, 5.41) is 3.65. The summed E-state index contributed by atoms with van der Waals surface area (Å²) in [5.74, 6) is 2.78. The zero-order valence-electron chi connectivity index (χ0n) is 12.4. The normalized spacial score (nSPS) is 43.8. The minimum atomic E-state index is -0.377. The lowest BCUT2D eigenvalue weighted by atomic mass is 9.48. The minimum Gasteiger partial charge on any atom is -0.465 e. The molecular formula is C16H27NO2. The van der Waals surface area contributed by atoms with E-state index in [1.165, 1.54) is 32.1 Å². The first-order valence-electron chi connectivity index (χ1n) is 8.01. The third-order valence-electron chi connectivity index (χ3n) is 5.57. The summed E-state index contributed by atoms with van der Waals surface area (Å²) >= 11 is 0. The Morgan fingerprint density at radius 1 is 1.16 bits per heavy atom. The number of hydrogen-bond donors (Lipinski definition) is 1. The van der Waals surface area contributed by atoms with Gasteiger partial charge in [0.05, 0.1) is 6.61 Å². The van der Waals surface area contributed by atoms with E-state index < -0.39 is 0 Å². The van der Waals surface area contributed by atoms with Crippen molar-refractivity contribution < 1.29 is 9.53 Å². The lowest BCUT2D eigenvalue weighted by Gasteiger charge is -2.60. The van der Waals surface area contributed by atoms with Crippen molar-refractivity contribution in [2.45, 2.75) is 64.5 Å². The maximum absolute atomic E-state index is 12.7. The molecule has 19 heavy (non-hydrogen) atoms. The van der Waals surface area contributed by atoms with Gasteiger partial charge in [0.25, 0.3) is 0 Å². The molecule has 0 heterocycles. The molecule has 1 N–H and O–H groups in total. The number of rotatable bonds is 4. The van der Waals surface area contributed by atoms with Gasteiger partial charge in [-0.2, -0.15) is 0 Å². The van der Waals surface area contributed by atoms with Crippen LogP contribution in [0.25, 0.3) is 0 Å². The smallest absolute Gasteiger partial charge is 0.326 e. The Balaban J connectivity index is 1.92. The van der Waals surface area contributed by atoms with Crippen LogP contribution in [0.5, 0.6) is 0 Å². The molecule has 0 aromatic carbocycles. The van der Waals surface area contributed by atoms with E-state index in [1.54, 1.807) is 0 Å². The Morgan fingerprint density at radius 2 is 1.68 bits per heavy atom. The van der Waals surface area contributed by atoms with Gasteiger partial charge in [-0.15, -0.1) is 0 Å². The van der Waals surface area contributed by atoms with Crippen LogP contribution in [-0.4, -0.2) is 24.2 Å². The molecule has 0 unspecified atom stereocenters. The maximum Gasteiger partial charge on any atom is 0.326 e. The number of esters is 1. The molecule has 3 nitrogen and oxygen atoms in total. The van der Waals surface area contributed by atoms with Crippen LogP contribution in [0.1, 0.15) is 52.9 Å². The Bertz CT molecular complexity index is 336. The molecular weight excluding hydrogens is 238 g/mol. The van der Waals surface area contributed by atoms with E-state index in [-0.39, 0.29) is 11.5 Å². The largest absolute Gasteiger partial charge is 0.465 e. The molecule has 4 saturated carbocycles. The van der Waals surface area contributed by atoms with E-state index in [2.05, 4.69) is 19.2 Å². The lowest BCUT2D eigenvalue weighted by molar-refractivity contribution is -0.171. The second kappa shape index (κ2) is 4.76. The van der Waals surface area contributed by atoms with E-state index in [0.29, 0.717) is 24.5 Å². The summed E-state index contributed by atoms with van der Waals surface area (Å²) in [4.78, 5) is 12.7. The number of nitrogens with one attached hydrogen (secondary N) is 1. The van der Waals surface area contributed by atoms with E-state index in [1.807, 2.05) is 6.92 Å². The van der Waals surface area contributed by atoms with Crippen molar-refractivity contribution in [3.05, 3.63) is 0 Å². The summed E-state index contributed by atoms with van der Waals surface area (Å²) in [6.45, 7) is 6.70. The van der Waals surface area contributed by atoms with Crippen LogP contribution in [0.3, 0.4) is 0 Å². The number of ether oxygens (including phenoxy) is 1. The van der Waals surface area contributed by atoms with E-state index in [4.69, 9.17) is 4.74 Å². The standard InChI is InChI=1S/C16H27NO2/c1-4-19-15(18)16(17-10(2)3)13-6-11-5-12(8-13)9-14(16)7-11/h10-14,17H,4-9H2,1-3H3. The van der Waals surface area contributed by atoms with Gasteiger partial charge in [0.1, 0.15) is 5.54 Å². The summed E-state index contributed by atoms with van der Waals surface area (Å²) in [6.07, 6.45) is 6.32. The highest BCUT2D eigenvalue weighted by Gasteiger charge is 2.61. The number of hydrogen-bond acceptors (Lipinski definition) is 3. The molecule has 0 aromatic rings. The first-order chi connectivity index (χ1) is 9.06. The van der Waals surface area contributed by atoms with Crippen LogP contribution in [0.15, 0.2) is 0 Å². The van der Waals surface area contributed by atoms with Gasteiger partial charge in [-0.25, -0.2) is 0 Å². The number of carbonyl (C=O) groups is 1. The van der Waals surface area contributed by atoms with Crippen LogP contribution < -0.4 is 5.32 Å². The molecule has 0 amide bonds. The van der Waals surface area contributed by atoms with Gasteiger partial charge in [0.15, 0.2) is 0 Å². The fourth-order valence-corrected chi connectivity index (χ4v) is 5.28. The summed E-state index contributed by atoms with van der Waals surface area (Å²) in [6, 6.07) is 0.335. The average molecular weight is 265 g/mol. The zero-order valence-corrected chi connectivity index (χ0v) is 12.4. The molecule has 4 rings (SSSR count). The van der Waals surface area contributed by atoms with Crippen molar-refractivity contribution in [2.24, 2.45) is 23.7 Å². The topological polar surface area (TPSA) is 38.3 Å². The van der Waals surface area contributed by atoms with Gasteiger partial charge in [0, 0.05) is 6.04 Å². The molecule has 4 aliphatic carbocycles. The summed E-state index contributed by atoms with van der Waals surface area (Å²) in [5.41, 5.74) is -0.377. The summed E-state index contributed by atoms with van der Waals surface area (Å²) < 4.78 is 5.47. The van der Waals surface area contributed by atoms with Gasteiger partial charge in [-0.1, -0.05) is 0 Å². The molecule has 0 aliphatic heterocycles. The zero-order chi connectivity index (χ0) is 13.6. The predicted molar refractivity (Wildman–Crippen MR) is 74.7 cm³/mol. The lowest BCUT2D eigenvalue weighted by Crippen LogP contribution is -2.70. The van der Waals surface area contributed by atoms with Gasteiger partial charge in [-0.3, -0.25) is 10.1 Å². The van der Waals surface area contributed by atoms with Crippen molar-refractivity contribution in [3.63, 3.8) is 0 Å². The first-order valence-corrected chi connectivity index (χ1v) is 8.01. The van der Waals surface area contributed by atoms with Crippen molar-refractivity contribution in [1.82, 2.24) is 5.32 Å². The SMILES string of the molecule is CCOC(=O)C1(NC(C)C)C2CC3CC(C2)CC1C3. The fourth-order valence-electron chi connectivity index (χ4n) is 5.28. The second-order valence-electron chi connectivity index (χ2n) is 7.19. The Labute approximate surface area is 116 Å². The Hall–Kier alpha value is -0.570. The Morgan fingerprint density at radius 3 is 2.11 bits per heavy atom. The first kappa shape index (κ1) is 13.4. The van der Waals surface area contributed by atoms with Crippen LogP contribution >= 0.6 is 0 Å². The van der Waals surface area contributed by atoms with Crippen molar-refractivity contribution in [2.75, 3.05) is 6.61 Å². The van der Waals surface area contributed by atoms with Gasteiger partial charge in [0.2, 0.25) is 0 Å². The quantitative estimate of drug-likeness (QED) is 0.794. The third kappa shape index (κ3) is 2.01. The van der Waals surface area contributed by atoms with Gasteiger partial charge in [-0.05, 0) is 76.5 Å². The molecule has 3 heteroatoms. The molecule has 4 fully saturated rings. The van der Waals surface area contributed by atoms with Gasteiger partial charge < -0.3 is 4.74 Å². The molecule has 0 saturated heterocycles. The van der Waals surface area contributed by atoms with Crippen molar-refractivity contribution in [1.29, 1.82) is 0 Å². The van der Waals surface area contributed by atoms with Crippen LogP contribution in [0, 0.1) is 23.7 Å². The summed E-state index contributed by atoms with van der Waals surface area (Å²) in [7, 11) is 0. The highest BCUT2D eigenvalue weighted by atomic mass is 16.5. The second-order valence-corrected chi connectivity index (χ2v) is 7.19. The molecule has 4 aliphatic rings. The van der Waals surface area contributed by atoms with E-state index >= 15 is 0 Å². The van der Waals surface area contributed by atoms with Crippen LogP contribution in [0.4, 0.5) is 0 Å². The van der Waals surface area contributed by atoms with E-state index in [0.717, 1.165) is 11.8 Å². The molecule has 0 spiro atoms. The monoisotopic (exact) mass is 265 g/mol. The van der Waals surface area contributed by atoms with Crippen molar-refractivity contribution in [3.8, 4) is 0 Å². The molecule has 108 valence electrons. The Kier molecular flexibility index (Phi) is 3.36.